The highest BCUT2D eigenvalue weighted by molar-refractivity contribution is 5.47. The van der Waals surface area contributed by atoms with Gasteiger partial charge >= 0.3 is 0 Å². The molecular formula is C7H6F2N4. The summed E-state index contributed by atoms with van der Waals surface area (Å²) in [5.41, 5.74) is 5.42. The van der Waals surface area contributed by atoms with Gasteiger partial charge in [0.15, 0.2) is 5.65 Å². The van der Waals surface area contributed by atoms with E-state index in [9.17, 15) is 8.78 Å². The van der Waals surface area contributed by atoms with Crippen LogP contribution in [-0.4, -0.2) is 14.6 Å². The second-order valence-electron chi connectivity index (χ2n) is 2.53. The number of nitrogens with zero attached hydrogens (tertiary/aromatic N) is 3. The first-order chi connectivity index (χ1) is 6.16. The van der Waals surface area contributed by atoms with E-state index in [2.05, 4.69) is 10.1 Å². The molecule has 13 heavy (non-hydrogen) atoms. The van der Waals surface area contributed by atoms with Crippen LogP contribution >= 0.6 is 0 Å². The van der Waals surface area contributed by atoms with Crippen LogP contribution in [0.4, 0.5) is 14.6 Å². The van der Waals surface area contributed by atoms with E-state index in [-0.39, 0.29) is 11.5 Å². The molecule has 2 N–H and O–H groups in total. The molecule has 2 aromatic heterocycles. The number of halogens is 2. The Morgan fingerprint density at radius 2 is 2.23 bits per heavy atom. The Morgan fingerprint density at radius 1 is 1.46 bits per heavy atom. The zero-order valence-corrected chi connectivity index (χ0v) is 6.48. The van der Waals surface area contributed by atoms with Gasteiger partial charge in [0.05, 0.1) is 0 Å². The summed E-state index contributed by atoms with van der Waals surface area (Å²) in [6.45, 7) is 0. The Labute approximate surface area is 72.0 Å². The van der Waals surface area contributed by atoms with Crippen molar-refractivity contribution in [2.24, 2.45) is 0 Å². The Kier molecular flexibility index (Phi) is 1.61. The average Bonchev–Trinajstić information content (AvgIpc) is 2.42. The predicted molar refractivity (Wildman–Crippen MR) is 42.4 cm³/mol. The molecule has 2 rings (SSSR count). The molecule has 0 aliphatic heterocycles. The van der Waals surface area contributed by atoms with Crippen molar-refractivity contribution < 1.29 is 8.78 Å². The Morgan fingerprint density at radius 3 is 2.92 bits per heavy atom. The fourth-order valence-electron chi connectivity index (χ4n) is 1.03. The molecule has 0 radical (unpaired) electrons. The molecule has 0 saturated carbocycles. The van der Waals surface area contributed by atoms with Gasteiger partial charge in [-0.25, -0.2) is 18.3 Å². The highest BCUT2D eigenvalue weighted by Crippen LogP contribution is 2.16. The number of nitrogens with two attached hydrogens (primary N) is 1. The van der Waals surface area contributed by atoms with Gasteiger partial charge in [0, 0.05) is 12.3 Å². The van der Waals surface area contributed by atoms with Crippen molar-refractivity contribution in [1.29, 1.82) is 0 Å². The monoisotopic (exact) mass is 184 g/mol. The Hall–Kier alpha value is -1.72. The van der Waals surface area contributed by atoms with Gasteiger partial charge in [0.25, 0.3) is 6.43 Å². The number of aromatic nitrogens is 3. The first-order valence-electron chi connectivity index (χ1n) is 3.57. The average molecular weight is 184 g/mol. The lowest BCUT2D eigenvalue weighted by atomic mass is 10.4. The molecule has 0 fully saturated rings. The fraction of sp³-hybridized carbons (Fsp3) is 0.143. The van der Waals surface area contributed by atoms with Crippen molar-refractivity contribution in [2.75, 3.05) is 5.73 Å². The summed E-state index contributed by atoms with van der Waals surface area (Å²) >= 11 is 0. The lowest BCUT2D eigenvalue weighted by molar-refractivity contribution is 0.146. The second kappa shape index (κ2) is 2.65. The summed E-state index contributed by atoms with van der Waals surface area (Å²) in [6, 6.07) is 2.65. The van der Waals surface area contributed by atoms with Crippen LogP contribution in [0.1, 0.15) is 12.1 Å². The van der Waals surface area contributed by atoms with E-state index in [0.717, 1.165) is 0 Å². The molecular weight excluding hydrogens is 178 g/mol. The van der Waals surface area contributed by atoms with Crippen molar-refractivity contribution >= 4 is 11.5 Å². The maximum atomic E-state index is 12.2. The van der Waals surface area contributed by atoms with Crippen molar-refractivity contribution in [3.05, 3.63) is 24.0 Å². The van der Waals surface area contributed by atoms with Crippen LogP contribution in [0.3, 0.4) is 0 Å². The van der Waals surface area contributed by atoms with Crippen molar-refractivity contribution in [3.63, 3.8) is 0 Å². The first-order valence-corrected chi connectivity index (χ1v) is 3.57. The predicted octanol–water partition coefficient (Wildman–Crippen LogP) is 1.25. The van der Waals surface area contributed by atoms with Crippen molar-refractivity contribution in [3.8, 4) is 0 Å². The van der Waals surface area contributed by atoms with E-state index in [0.29, 0.717) is 5.65 Å². The Balaban J connectivity index is 2.61. The highest BCUT2D eigenvalue weighted by Gasteiger charge is 2.09. The van der Waals surface area contributed by atoms with Gasteiger partial charge in [0.1, 0.15) is 11.5 Å². The second-order valence-corrected chi connectivity index (χ2v) is 2.53. The van der Waals surface area contributed by atoms with Gasteiger partial charge in [-0.05, 0) is 6.07 Å². The maximum Gasteiger partial charge on any atom is 0.280 e. The van der Waals surface area contributed by atoms with E-state index in [1.807, 2.05) is 0 Å². The van der Waals surface area contributed by atoms with Gasteiger partial charge < -0.3 is 5.73 Å². The lowest BCUT2D eigenvalue weighted by Crippen LogP contribution is -1.95. The zero-order chi connectivity index (χ0) is 9.42. The SMILES string of the molecule is Nc1cc2nc(C(F)F)ccn2n1. The third-order valence-electron chi connectivity index (χ3n) is 1.59. The minimum absolute atomic E-state index is 0.263. The number of rotatable bonds is 1. The van der Waals surface area contributed by atoms with Gasteiger partial charge in [-0.3, -0.25) is 0 Å². The fourth-order valence-corrected chi connectivity index (χ4v) is 1.03. The molecule has 4 nitrogen and oxygen atoms in total. The molecule has 0 amide bonds. The molecule has 2 heterocycles. The zero-order valence-electron chi connectivity index (χ0n) is 6.48. The Bertz CT molecular complexity index is 437. The molecule has 6 heteroatoms. The van der Waals surface area contributed by atoms with Crippen LogP contribution in [0.2, 0.25) is 0 Å². The molecule has 0 atom stereocenters. The number of hydrogen-bond donors (Lipinski definition) is 1. The summed E-state index contributed by atoms with van der Waals surface area (Å²) in [7, 11) is 0. The van der Waals surface area contributed by atoms with E-state index in [4.69, 9.17) is 5.73 Å². The number of fused-ring (bicyclic) bond motifs is 1. The smallest absolute Gasteiger partial charge is 0.280 e. The van der Waals surface area contributed by atoms with Gasteiger partial charge in [-0.1, -0.05) is 0 Å². The third-order valence-corrected chi connectivity index (χ3v) is 1.59. The van der Waals surface area contributed by atoms with Crippen LogP contribution in [0.5, 0.6) is 0 Å². The molecule has 68 valence electrons. The van der Waals surface area contributed by atoms with Crippen molar-refractivity contribution in [2.45, 2.75) is 6.43 Å². The van der Waals surface area contributed by atoms with Gasteiger partial charge in [-0.2, -0.15) is 0 Å². The molecule has 0 aliphatic carbocycles. The summed E-state index contributed by atoms with van der Waals surface area (Å²) in [5, 5.41) is 3.80. The lowest BCUT2D eigenvalue weighted by Gasteiger charge is -1.97. The number of nitrogen functional groups attached to an aromatic ring is 1. The standard InChI is InChI=1S/C7H6F2N4/c8-7(9)4-1-2-13-6(11-4)3-5(10)12-13/h1-3,7H,(H2,10,12). The summed E-state index contributed by atoms with van der Waals surface area (Å²) in [6.07, 6.45) is -1.17. The number of alkyl halides is 2. The van der Waals surface area contributed by atoms with Crippen LogP contribution < -0.4 is 5.73 Å². The quantitative estimate of drug-likeness (QED) is 0.725. The van der Waals surface area contributed by atoms with Gasteiger partial charge in [0.2, 0.25) is 0 Å². The van der Waals surface area contributed by atoms with Crippen LogP contribution in [-0.2, 0) is 0 Å². The normalized spacial score (nSPS) is 11.3. The largest absolute Gasteiger partial charge is 0.382 e. The minimum Gasteiger partial charge on any atom is -0.382 e. The first kappa shape index (κ1) is 7.90. The molecule has 2 aromatic rings. The molecule has 0 aliphatic rings. The summed E-state index contributed by atoms with van der Waals surface area (Å²) < 4.78 is 25.7. The molecule has 0 bridgehead atoms. The number of hydrogen-bond acceptors (Lipinski definition) is 3. The minimum atomic E-state index is -2.57. The van der Waals surface area contributed by atoms with Gasteiger partial charge in [-0.15, -0.1) is 5.10 Å². The molecule has 0 saturated heterocycles. The van der Waals surface area contributed by atoms with E-state index >= 15 is 0 Å². The van der Waals surface area contributed by atoms with Crippen molar-refractivity contribution in [1.82, 2.24) is 14.6 Å². The summed E-state index contributed by atoms with van der Waals surface area (Å²) in [4.78, 5) is 3.67. The van der Waals surface area contributed by atoms with E-state index in [1.165, 1.54) is 22.8 Å². The number of anilines is 1. The van der Waals surface area contributed by atoms with Crippen LogP contribution in [0.15, 0.2) is 18.3 Å². The summed E-state index contributed by atoms with van der Waals surface area (Å²) in [5.74, 6) is 0.263. The molecule has 0 unspecified atom stereocenters. The third kappa shape index (κ3) is 1.30. The highest BCUT2D eigenvalue weighted by atomic mass is 19.3. The topological polar surface area (TPSA) is 56.2 Å². The molecule has 0 aromatic carbocycles. The van der Waals surface area contributed by atoms with E-state index in [1.54, 1.807) is 0 Å². The van der Waals surface area contributed by atoms with E-state index < -0.39 is 6.43 Å². The maximum absolute atomic E-state index is 12.2. The van der Waals surface area contributed by atoms with Crippen LogP contribution in [0.25, 0.3) is 5.65 Å². The molecule has 0 spiro atoms. The van der Waals surface area contributed by atoms with Crippen LogP contribution in [0, 0.1) is 0 Å².